The second-order valence-electron chi connectivity index (χ2n) is 4.21. The lowest BCUT2D eigenvalue weighted by atomic mass is 10.2. The average Bonchev–Trinajstić information content (AvgIpc) is 2.86. The number of halogens is 1. The van der Waals surface area contributed by atoms with E-state index in [1.165, 1.54) is 11.7 Å². The number of amides is 1. The zero-order valence-electron chi connectivity index (χ0n) is 11.2. The van der Waals surface area contributed by atoms with Crippen molar-refractivity contribution in [2.75, 3.05) is 12.4 Å². The minimum atomic E-state index is -1.01. The van der Waals surface area contributed by atoms with Crippen molar-refractivity contribution in [3.05, 3.63) is 46.7 Å². The zero-order chi connectivity index (χ0) is 15.4. The van der Waals surface area contributed by atoms with Gasteiger partial charge >= 0.3 is 5.97 Å². The van der Waals surface area contributed by atoms with Crippen LogP contribution in [0.2, 0.25) is 0 Å². The number of anilines is 1. The number of rotatable bonds is 5. The highest BCUT2D eigenvalue weighted by atomic mass is 79.9. The summed E-state index contributed by atoms with van der Waals surface area (Å²) in [7, 11) is 1.51. The van der Waals surface area contributed by atoms with Gasteiger partial charge in [-0.15, -0.1) is 0 Å². The highest BCUT2D eigenvalue weighted by molar-refractivity contribution is 9.10. The molecular formula is C14H13BrN2O4. The van der Waals surface area contributed by atoms with Crippen LogP contribution in [0, 0.1) is 0 Å². The number of nitrogens with zero attached hydrogens (tertiary/aromatic N) is 1. The minimum absolute atomic E-state index is 0.263. The molecule has 0 bridgehead atoms. The first-order chi connectivity index (χ1) is 10.0. The normalized spacial score (nSPS) is 10.2. The maximum absolute atomic E-state index is 12.3. The van der Waals surface area contributed by atoms with Crippen LogP contribution in [0.3, 0.4) is 0 Å². The van der Waals surface area contributed by atoms with Gasteiger partial charge in [-0.1, -0.05) is 15.9 Å². The molecule has 0 aliphatic rings. The lowest BCUT2D eigenvalue weighted by Gasteiger charge is -2.11. The summed E-state index contributed by atoms with van der Waals surface area (Å²) in [5.41, 5.74) is 0.763. The molecule has 0 fully saturated rings. The Morgan fingerprint density at radius 1 is 1.38 bits per heavy atom. The molecule has 2 aromatic rings. The Labute approximate surface area is 129 Å². The van der Waals surface area contributed by atoms with Crippen molar-refractivity contribution in [3.8, 4) is 5.75 Å². The van der Waals surface area contributed by atoms with E-state index in [2.05, 4.69) is 21.2 Å². The van der Waals surface area contributed by atoms with E-state index in [0.29, 0.717) is 11.4 Å². The molecule has 0 unspecified atom stereocenters. The summed E-state index contributed by atoms with van der Waals surface area (Å²) in [6.45, 7) is -0.272. The Morgan fingerprint density at radius 2 is 2.14 bits per heavy atom. The first-order valence-corrected chi connectivity index (χ1v) is 6.82. The topological polar surface area (TPSA) is 80.6 Å². The van der Waals surface area contributed by atoms with Gasteiger partial charge in [0.1, 0.15) is 18.0 Å². The van der Waals surface area contributed by atoms with E-state index in [1.54, 1.807) is 36.5 Å². The van der Waals surface area contributed by atoms with Gasteiger partial charge in [-0.2, -0.15) is 0 Å². The molecule has 7 heteroatoms. The zero-order valence-corrected chi connectivity index (χ0v) is 12.8. The second kappa shape index (κ2) is 6.45. The Kier molecular flexibility index (Phi) is 4.64. The number of carbonyl (C=O) groups excluding carboxylic acids is 1. The number of aromatic nitrogens is 1. The first-order valence-electron chi connectivity index (χ1n) is 6.03. The lowest BCUT2D eigenvalue weighted by Crippen LogP contribution is -2.19. The van der Waals surface area contributed by atoms with Crippen molar-refractivity contribution in [2.24, 2.45) is 0 Å². The molecule has 0 atom stereocenters. The molecule has 2 N–H and O–H groups in total. The van der Waals surface area contributed by atoms with E-state index in [4.69, 9.17) is 9.84 Å². The molecule has 0 saturated carbocycles. The van der Waals surface area contributed by atoms with E-state index in [0.717, 1.165) is 4.47 Å². The molecule has 0 spiro atoms. The number of ether oxygens (including phenoxy) is 1. The number of benzene rings is 1. The summed E-state index contributed by atoms with van der Waals surface area (Å²) < 4.78 is 7.33. The van der Waals surface area contributed by atoms with Crippen LogP contribution in [0.1, 0.15) is 10.5 Å². The SMILES string of the molecule is COc1ccc(Br)cc1NC(=O)c1cccn1CC(=O)O. The predicted molar refractivity (Wildman–Crippen MR) is 80.7 cm³/mol. The average molecular weight is 353 g/mol. The van der Waals surface area contributed by atoms with Gasteiger partial charge in [0.15, 0.2) is 0 Å². The van der Waals surface area contributed by atoms with Crippen LogP contribution in [0.15, 0.2) is 41.0 Å². The molecule has 1 heterocycles. The molecule has 1 aromatic carbocycles. The molecular weight excluding hydrogens is 340 g/mol. The van der Waals surface area contributed by atoms with E-state index < -0.39 is 11.9 Å². The van der Waals surface area contributed by atoms with Gasteiger partial charge in [0.05, 0.1) is 12.8 Å². The molecule has 0 aliphatic heterocycles. The summed E-state index contributed by atoms with van der Waals surface area (Å²) >= 11 is 3.32. The third-order valence-electron chi connectivity index (χ3n) is 2.78. The van der Waals surface area contributed by atoms with Crippen LogP contribution in [-0.2, 0) is 11.3 Å². The Morgan fingerprint density at radius 3 is 2.81 bits per heavy atom. The number of methoxy groups -OCH3 is 1. The van der Waals surface area contributed by atoms with E-state index >= 15 is 0 Å². The minimum Gasteiger partial charge on any atom is -0.495 e. The smallest absolute Gasteiger partial charge is 0.323 e. The first kappa shape index (κ1) is 15.1. The quantitative estimate of drug-likeness (QED) is 0.866. The molecule has 110 valence electrons. The van der Waals surface area contributed by atoms with Gasteiger partial charge in [-0.3, -0.25) is 9.59 Å². The molecule has 0 saturated heterocycles. The number of hydrogen-bond acceptors (Lipinski definition) is 3. The van der Waals surface area contributed by atoms with Crippen molar-refractivity contribution in [2.45, 2.75) is 6.54 Å². The number of hydrogen-bond donors (Lipinski definition) is 2. The monoisotopic (exact) mass is 352 g/mol. The number of aliphatic carboxylic acids is 1. The largest absolute Gasteiger partial charge is 0.495 e. The summed E-state index contributed by atoms with van der Waals surface area (Å²) in [6.07, 6.45) is 1.54. The fourth-order valence-electron chi connectivity index (χ4n) is 1.87. The van der Waals surface area contributed by atoms with E-state index in [1.807, 2.05) is 0 Å². The van der Waals surface area contributed by atoms with Gasteiger partial charge in [-0.05, 0) is 30.3 Å². The standard InChI is InChI=1S/C14H13BrN2O4/c1-21-12-5-4-9(15)7-10(12)16-14(20)11-3-2-6-17(11)8-13(18)19/h2-7H,8H2,1H3,(H,16,20)(H,18,19). The van der Waals surface area contributed by atoms with Gasteiger partial charge in [-0.25, -0.2) is 0 Å². The number of carboxylic acids is 1. The van der Waals surface area contributed by atoms with Gasteiger partial charge in [0.2, 0.25) is 0 Å². The fraction of sp³-hybridized carbons (Fsp3) is 0.143. The van der Waals surface area contributed by atoms with Gasteiger partial charge in [0, 0.05) is 10.7 Å². The highest BCUT2D eigenvalue weighted by Crippen LogP contribution is 2.28. The molecule has 1 aromatic heterocycles. The molecule has 1 amide bonds. The van der Waals surface area contributed by atoms with Crippen molar-refractivity contribution in [1.29, 1.82) is 0 Å². The maximum atomic E-state index is 12.3. The third-order valence-corrected chi connectivity index (χ3v) is 3.27. The van der Waals surface area contributed by atoms with Crippen LogP contribution >= 0.6 is 15.9 Å². The van der Waals surface area contributed by atoms with Crippen molar-refractivity contribution >= 4 is 33.5 Å². The van der Waals surface area contributed by atoms with Crippen LogP contribution in [-0.4, -0.2) is 28.7 Å². The number of carbonyl (C=O) groups is 2. The summed E-state index contributed by atoms with van der Waals surface area (Å²) in [4.78, 5) is 23.0. The Bertz CT molecular complexity index is 681. The summed E-state index contributed by atoms with van der Waals surface area (Å²) in [6, 6.07) is 8.40. The summed E-state index contributed by atoms with van der Waals surface area (Å²) in [5, 5.41) is 11.5. The maximum Gasteiger partial charge on any atom is 0.323 e. The number of carboxylic acid groups (broad SMARTS) is 1. The van der Waals surface area contributed by atoms with Gasteiger partial charge in [0.25, 0.3) is 5.91 Å². The summed E-state index contributed by atoms with van der Waals surface area (Å²) in [5.74, 6) is -0.902. The predicted octanol–water partition coefficient (Wildman–Crippen LogP) is 2.60. The second-order valence-corrected chi connectivity index (χ2v) is 5.13. The molecule has 6 nitrogen and oxygen atoms in total. The molecule has 21 heavy (non-hydrogen) atoms. The molecule has 0 radical (unpaired) electrons. The van der Waals surface area contributed by atoms with Crippen molar-refractivity contribution in [3.63, 3.8) is 0 Å². The number of nitrogens with one attached hydrogen (secondary N) is 1. The molecule has 2 rings (SSSR count). The third kappa shape index (κ3) is 3.63. The molecule has 0 aliphatic carbocycles. The van der Waals surface area contributed by atoms with Gasteiger partial charge < -0.3 is 19.7 Å². The Balaban J connectivity index is 2.24. The van der Waals surface area contributed by atoms with E-state index in [9.17, 15) is 9.59 Å². The highest BCUT2D eigenvalue weighted by Gasteiger charge is 2.15. The van der Waals surface area contributed by atoms with Crippen LogP contribution in [0.5, 0.6) is 5.75 Å². The van der Waals surface area contributed by atoms with Crippen LogP contribution in [0.4, 0.5) is 5.69 Å². The fourth-order valence-corrected chi connectivity index (χ4v) is 2.23. The Hall–Kier alpha value is -2.28. The van der Waals surface area contributed by atoms with Crippen molar-refractivity contribution < 1.29 is 19.4 Å². The lowest BCUT2D eigenvalue weighted by molar-refractivity contribution is -0.137. The van der Waals surface area contributed by atoms with E-state index in [-0.39, 0.29) is 12.2 Å². The van der Waals surface area contributed by atoms with Crippen molar-refractivity contribution in [1.82, 2.24) is 4.57 Å². The van der Waals surface area contributed by atoms with Crippen LogP contribution < -0.4 is 10.1 Å². The van der Waals surface area contributed by atoms with Crippen LogP contribution in [0.25, 0.3) is 0 Å².